The summed E-state index contributed by atoms with van der Waals surface area (Å²) in [7, 11) is 0. The minimum absolute atomic E-state index is 0.311. The molecule has 0 amide bonds. The van der Waals surface area contributed by atoms with E-state index in [2.05, 4.69) is 0 Å². The Bertz CT molecular complexity index is 434. The van der Waals surface area contributed by atoms with Crippen LogP contribution in [0.3, 0.4) is 0 Å². The van der Waals surface area contributed by atoms with Crippen molar-refractivity contribution in [3.8, 4) is 0 Å². The maximum atomic E-state index is 13.6. The number of carboxylic acids is 1. The molecule has 1 fully saturated rings. The Balaban J connectivity index is 2.53. The van der Waals surface area contributed by atoms with E-state index in [4.69, 9.17) is 0 Å². The van der Waals surface area contributed by atoms with E-state index in [-0.39, 0.29) is 5.82 Å². The molecule has 1 saturated carbocycles. The zero-order chi connectivity index (χ0) is 12.5. The fourth-order valence-electron chi connectivity index (χ4n) is 2.88. The van der Waals surface area contributed by atoms with Gasteiger partial charge in [0, 0.05) is 0 Å². The number of carboxylic acid groups (broad SMARTS) is 1. The second kappa shape index (κ2) is 4.47. The molecule has 1 aliphatic rings. The Morgan fingerprint density at radius 3 is 2.53 bits per heavy atom. The first-order chi connectivity index (χ1) is 8.08. The molecule has 1 aliphatic carbocycles. The van der Waals surface area contributed by atoms with Gasteiger partial charge in [-0.3, -0.25) is 4.79 Å². The van der Waals surface area contributed by atoms with Gasteiger partial charge in [0.25, 0.3) is 0 Å². The number of carbonyl (C=O) groups is 1. The van der Waals surface area contributed by atoms with Crippen LogP contribution in [0.5, 0.6) is 0 Å². The highest BCUT2D eigenvalue weighted by Gasteiger charge is 2.42. The first-order valence-corrected chi connectivity index (χ1v) is 6.07. The molecule has 0 unspecified atom stereocenters. The molecule has 1 aromatic carbocycles. The van der Waals surface area contributed by atoms with Gasteiger partial charge in [0.2, 0.25) is 0 Å². The smallest absolute Gasteiger partial charge is 0.314 e. The number of hydrogen-bond acceptors (Lipinski definition) is 1. The van der Waals surface area contributed by atoms with E-state index in [1.807, 2.05) is 0 Å². The van der Waals surface area contributed by atoms with E-state index in [0.29, 0.717) is 24.0 Å². The van der Waals surface area contributed by atoms with E-state index in [1.54, 1.807) is 19.1 Å². The molecule has 0 radical (unpaired) electrons. The molecule has 2 nitrogen and oxygen atoms in total. The lowest BCUT2D eigenvalue weighted by molar-refractivity contribution is -0.145. The van der Waals surface area contributed by atoms with Crippen molar-refractivity contribution < 1.29 is 14.3 Å². The van der Waals surface area contributed by atoms with E-state index >= 15 is 0 Å². The van der Waals surface area contributed by atoms with Crippen LogP contribution >= 0.6 is 0 Å². The number of rotatable bonds is 2. The first-order valence-electron chi connectivity index (χ1n) is 6.07. The van der Waals surface area contributed by atoms with Gasteiger partial charge in [-0.05, 0) is 37.0 Å². The van der Waals surface area contributed by atoms with Crippen LogP contribution in [0.2, 0.25) is 0 Å². The van der Waals surface area contributed by atoms with Crippen molar-refractivity contribution in [3.63, 3.8) is 0 Å². The van der Waals surface area contributed by atoms with Crippen LogP contribution in [0.1, 0.15) is 43.2 Å². The molecular weight excluding hydrogens is 219 g/mol. The van der Waals surface area contributed by atoms with Gasteiger partial charge < -0.3 is 5.11 Å². The summed E-state index contributed by atoms with van der Waals surface area (Å²) < 4.78 is 13.6. The van der Waals surface area contributed by atoms with E-state index in [9.17, 15) is 14.3 Å². The fraction of sp³-hybridized carbons (Fsp3) is 0.500. The van der Waals surface area contributed by atoms with Crippen LogP contribution in [-0.2, 0) is 10.2 Å². The number of hydrogen-bond donors (Lipinski definition) is 1. The number of halogens is 1. The zero-order valence-corrected chi connectivity index (χ0v) is 10.0. The second-order valence-electron chi connectivity index (χ2n) is 4.86. The number of benzene rings is 1. The van der Waals surface area contributed by atoms with Crippen molar-refractivity contribution in [1.82, 2.24) is 0 Å². The average molecular weight is 236 g/mol. The van der Waals surface area contributed by atoms with Crippen molar-refractivity contribution in [2.75, 3.05) is 0 Å². The number of aliphatic carboxylic acids is 1. The Morgan fingerprint density at radius 2 is 1.94 bits per heavy atom. The molecule has 0 saturated heterocycles. The molecule has 2 rings (SSSR count). The normalized spacial score (nSPS) is 18.9. The quantitative estimate of drug-likeness (QED) is 0.854. The Kier molecular flexibility index (Phi) is 3.18. The SMILES string of the molecule is Cc1c(F)cccc1C1(C(=O)O)CCCCC1. The topological polar surface area (TPSA) is 37.3 Å². The summed E-state index contributed by atoms with van der Waals surface area (Å²) in [5, 5.41) is 9.54. The molecule has 0 aliphatic heterocycles. The van der Waals surface area contributed by atoms with E-state index < -0.39 is 11.4 Å². The van der Waals surface area contributed by atoms with Crippen molar-refractivity contribution in [1.29, 1.82) is 0 Å². The van der Waals surface area contributed by atoms with Gasteiger partial charge in [-0.2, -0.15) is 0 Å². The third-order valence-electron chi connectivity index (χ3n) is 3.90. The predicted octanol–water partition coefficient (Wildman–Crippen LogP) is 3.42. The van der Waals surface area contributed by atoms with Gasteiger partial charge in [-0.15, -0.1) is 0 Å². The maximum absolute atomic E-state index is 13.6. The minimum Gasteiger partial charge on any atom is -0.481 e. The molecule has 92 valence electrons. The lowest BCUT2D eigenvalue weighted by Crippen LogP contribution is -2.38. The summed E-state index contributed by atoms with van der Waals surface area (Å²) in [6.45, 7) is 1.67. The summed E-state index contributed by atoms with van der Waals surface area (Å²) in [5.41, 5.74) is 0.270. The van der Waals surface area contributed by atoms with Crippen LogP contribution in [0.25, 0.3) is 0 Å². The second-order valence-corrected chi connectivity index (χ2v) is 4.86. The highest BCUT2D eigenvalue weighted by molar-refractivity contribution is 5.82. The lowest BCUT2D eigenvalue weighted by atomic mass is 9.68. The third kappa shape index (κ3) is 1.94. The molecule has 0 spiro atoms. The Hall–Kier alpha value is -1.38. The maximum Gasteiger partial charge on any atom is 0.314 e. The molecule has 0 heterocycles. The van der Waals surface area contributed by atoms with Crippen LogP contribution < -0.4 is 0 Å². The van der Waals surface area contributed by atoms with Crippen LogP contribution in [0.15, 0.2) is 18.2 Å². The van der Waals surface area contributed by atoms with Gasteiger partial charge in [0.15, 0.2) is 0 Å². The summed E-state index contributed by atoms with van der Waals surface area (Å²) in [5.74, 6) is -1.13. The van der Waals surface area contributed by atoms with E-state index in [0.717, 1.165) is 19.3 Å². The highest BCUT2D eigenvalue weighted by atomic mass is 19.1. The predicted molar refractivity (Wildman–Crippen MR) is 63.5 cm³/mol. The Labute approximate surface area is 100 Å². The Morgan fingerprint density at radius 1 is 1.29 bits per heavy atom. The minimum atomic E-state index is -0.871. The van der Waals surface area contributed by atoms with E-state index in [1.165, 1.54) is 6.07 Å². The molecular formula is C14H17FO2. The zero-order valence-electron chi connectivity index (χ0n) is 10.0. The van der Waals surface area contributed by atoms with Gasteiger partial charge in [-0.25, -0.2) is 4.39 Å². The molecule has 1 aromatic rings. The van der Waals surface area contributed by atoms with Crippen LogP contribution in [0.4, 0.5) is 4.39 Å². The summed E-state index contributed by atoms with van der Waals surface area (Å²) >= 11 is 0. The van der Waals surface area contributed by atoms with Crippen molar-refractivity contribution in [2.24, 2.45) is 0 Å². The van der Waals surface area contributed by atoms with Gasteiger partial charge in [0.05, 0.1) is 5.41 Å². The summed E-state index contributed by atoms with van der Waals surface area (Å²) in [4.78, 5) is 11.6. The van der Waals surface area contributed by atoms with Crippen molar-refractivity contribution in [3.05, 3.63) is 35.1 Å². The largest absolute Gasteiger partial charge is 0.481 e. The van der Waals surface area contributed by atoms with Gasteiger partial charge in [0.1, 0.15) is 5.82 Å². The van der Waals surface area contributed by atoms with Crippen LogP contribution in [0, 0.1) is 12.7 Å². The fourth-order valence-corrected chi connectivity index (χ4v) is 2.88. The lowest BCUT2D eigenvalue weighted by Gasteiger charge is -2.34. The average Bonchev–Trinajstić information content (AvgIpc) is 2.33. The molecule has 0 aromatic heterocycles. The monoisotopic (exact) mass is 236 g/mol. The summed E-state index contributed by atoms with van der Waals surface area (Å²) in [6.07, 6.45) is 4.12. The molecule has 3 heteroatoms. The molecule has 0 atom stereocenters. The van der Waals surface area contributed by atoms with Crippen molar-refractivity contribution in [2.45, 2.75) is 44.4 Å². The van der Waals surface area contributed by atoms with Gasteiger partial charge >= 0.3 is 5.97 Å². The molecule has 0 bridgehead atoms. The standard InChI is InChI=1S/C14H17FO2/c1-10-11(6-5-7-12(10)15)14(13(16)17)8-3-2-4-9-14/h5-7H,2-4,8-9H2,1H3,(H,16,17). The molecule has 1 N–H and O–H groups in total. The summed E-state index contributed by atoms with van der Waals surface area (Å²) in [6, 6.07) is 4.76. The highest BCUT2D eigenvalue weighted by Crippen LogP contribution is 2.41. The molecule has 17 heavy (non-hydrogen) atoms. The van der Waals surface area contributed by atoms with Crippen molar-refractivity contribution >= 4 is 5.97 Å². The van der Waals surface area contributed by atoms with Gasteiger partial charge in [-0.1, -0.05) is 31.4 Å². The first kappa shape index (κ1) is 12.1. The van der Waals surface area contributed by atoms with Crippen LogP contribution in [-0.4, -0.2) is 11.1 Å². The third-order valence-corrected chi connectivity index (χ3v) is 3.90.